The topological polar surface area (TPSA) is 12.5 Å². The Morgan fingerprint density at radius 1 is 1.14 bits per heavy atom. The van der Waals surface area contributed by atoms with Crippen LogP contribution in [0.1, 0.15) is 51.9 Å². The van der Waals surface area contributed by atoms with Gasteiger partial charge in [-0.1, -0.05) is 44.9 Å². The highest BCUT2D eigenvalue weighted by molar-refractivity contribution is 9.12. The van der Waals surface area contributed by atoms with Crippen LogP contribution in [0.4, 0.5) is 0 Å². The molecule has 0 aromatic heterocycles. The fraction of sp³-hybridized carbons (Fsp3) is 0.833. The fourth-order valence-electron chi connectivity index (χ4n) is 1.70. The van der Waals surface area contributed by atoms with Crippen molar-refractivity contribution in [3.8, 4) is 10.8 Å². The molecule has 0 aliphatic carbocycles. The van der Waals surface area contributed by atoms with Crippen LogP contribution in [0, 0.1) is 10.8 Å². The number of rotatable bonds is 7. The second-order valence-corrected chi connectivity index (χ2v) is 4.29. The minimum absolute atomic E-state index is 0.436. The van der Waals surface area contributed by atoms with Crippen LogP contribution < -0.4 is 0 Å². The Morgan fingerprint density at radius 2 is 1.93 bits per heavy atom. The average Bonchev–Trinajstić information content (AvgIpc) is 2.93. The third-order valence-corrected chi connectivity index (χ3v) is 2.93. The van der Waals surface area contributed by atoms with Crippen LogP contribution in [-0.4, -0.2) is 12.2 Å². The van der Waals surface area contributed by atoms with Crippen LogP contribution in [-0.2, 0) is 4.74 Å². The highest BCUT2D eigenvalue weighted by atomic mass is 79.9. The Bertz CT molecular complexity index is 204. The van der Waals surface area contributed by atoms with E-state index in [1.165, 1.54) is 38.5 Å². The Morgan fingerprint density at radius 3 is 2.64 bits per heavy atom. The van der Waals surface area contributed by atoms with Gasteiger partial charge in [0.25, 0.3) is 0 Å². The lowest BCUT2D eigenvalue weighted by Crippen LogP contribution is -1.92. The Kier molecular flexibility index (Phi) is 6.31. The van der Waals surface area contributed by atoms with Gasteiger partial charge in [0.1, 0.15) is 0 Å². The van der Waals surface area contributed by atoms with Crippen LogP contribution in [0.15, 0.2) is 0 Å². The predicted octanol–water partition coefficient (Wildman–Crippen LogP) is 3.86. The number of ether oxygens (including phenoxy) is 1. The minimum atomic E-state index is 0.436. The molecule has 0 saturated carbocycles. The summed E-state index contributed by atoms with van der Waals surface area (Å²) in [6.45, 7) is 2.25. The fourth-order valence-corrected chi connectivity index (χ4v) is 1.86. The summed E-state index contributed by atoms with van der Waals surface area (Å²) >= 11 is 3.09. The van der Waals surface area contributed by atoms with Gasteiger partial charge in [-0.15, -0.1) is 0 Å². The summed E-state index contributed by atoms with van der Waals surface area (Å²) in [5, 5.41) is 0. The minimum Gasteiger partial charge on any atom is -0.369 e. The van der Waals surface area contributed by atoms with Crippen molar-refractivity contribution >= 4 is 15.9 Å². The molecule has 2 atom stereocenters. The summed E-state index contributed by atoms with van der Waals surface area (Å²) < 4.78 is 5.50. The third-order valence-electron chi connectivity index (χ3n) is 2.65. The van der Waals surface area contributed by atoms with Crippen molar-refractivity contribution in [2.24, 2.45) is 0 Å². The van der Waals surface area contributed by atoms with Crippen LogP contribution in [0.5, 0.6) is 0 Å². The molecule has 0 bridgehead atoms. The van der Waals surface area contributed by atoms with Gasteiger partial charge in [-0.2, -0.15) is 0 Å². The van der Waals surface area contributed by atoms with Gasteiger partial charge in [-0.05, 0) is 11.3 Å². The highest BCUT2D eigenvalue weighted by Gasteiger charge is 2.36. The second kappa shape index (κ2) is 7.31. The van der Waals surface area contributed by atoms with E-state index >= 15 is 0 Å². The van der Waals surface area contributed by atoms with Crippen molar-refractivity contribution in [2.45, 2.75) is 64.1 Å². The number of unbranched alkanes of at least 4 members (excludes halogenated alkanes) is 4. The summed E-state index contributed by atoms with van der Waals surface area (Å²) in [7, 11) is 0. The van der Waals surface area contributed by atoms with E-state index in [-0.39, 0.29) is 0 Å². The number of epoxide rings is 1. The van der Waals surface area contributed by atoms with Crippen molar-refractivity contribution in [3.05, 3.63) is 0 Å². The molecular formula is C12H19BrO. The molecule has 0 N–H and O–H groups in total. The quantitative estimate of drug-likeness (QED) is 0.384. The molecule has 0 amide bonds. The van der Waals surface area contributed by atoms with Gasteiger partial charge in [-0.25, -0.2) is 0 Å². The zero-order valence-electron chi connectivity index (χ0n) is 8.89. The van der Waals surface area contributed by atoms with E-state index in [0.29, 0.717) is 12.2 Å². The van der Waals surface area contributed by atoms with E-state index in [1.54, 1.807) is 0 Å². The van der Waals surface area contributed by atoms with E-state index in [2.05, 4.69) is 33.6 Å². The van der Waals surface area contributed by atoms with Crippen LogP contribution in [0.2, 0.25) is 0 Å². The largest absolute Gasteiger partial charge is 0.369 e. The van der Waals surface area contributed by atoms with Gasteiger partial charge in [0.15, 0.2) is 0 Å². The number of halogens is 1. The summed E-state index contributed by atoms with van der Waals surface area (Å²) in [6.07, 6.45) is 9.86. The van der Waals surface area contributed by atoms with Crippen LogP contribution in [0.3, 0.4) is 0 Å². The van der Waals surface area contributed by atoms with Crippen molar-refractivity contribution in [2.75, 3.05) is 0 Å². The lowest BCUT2D eigenvalue weighted by Gasteiger charge is -1.96. The zero-order chi connectivity index (χ0) is 10.2. The lowest BCUT2D eigenvalue weighted by atomic mass is 10.1. The molecule has 14 heavy (non-hydrogen) atoms. The van der Waals surface area contributed by atoms with Gasteiger partial charge in [-0.3, -0.25) is 0 Å². The van der Waals surface area contributed by atoms with Crippen molar-refractivity contribution in [3.63, 3.8) is 0 Å². The molecule has 1 saturated heterocycles. The molecule has 0 aromatic carbocycles. The van der Waals surface area contributed by atoms with E-state index < -0.39 is 0 Å². The molecule has 1 aliphatic heterocycles. The first kappa shape index (κ1) is 12.1. The van der Waals surface area contributed by atoms with E-state index in [9.17, 15) is 0 Å². The zero-order valence-corrected chi connectivity index (χ0v) is 10.5. The summed E-state index contributed by atoms with van der Waals surface area (Å²) in [6, 6.07) is 0. The first-order valence-corrected chi connectivity index (χ1v) is 6.41. The number of hydrogen-bond acceptors (Lipinski definition) is 1. The van der Waals surface area contributed by atoms with Gasteiger partial charge in [0, 0.05) is 22.4 Å². The lowest BCUT2D eigenvalue weighted by molar-refractivity contribution is 0.359. The molecule has 1 heterocycles. The molecule has 1 rings (SSSR count). The molecule has 80 valence electrons. The Labute approximate surface area is 95.7 Å². The maximum absolute atomic E-state index is 5.50. The van der Waals surface area contributed by atoms with Crippen LogP contribution >= 0.6 is 15.9 Å². The summed E-state index contributed by atoms with van der Waals surface area (Å²) in [5.41, 5.74) is 0. The molecule has 2 heteroatoms. The maximum Gasteiger partial charge on any atom is 0.0951 e. The van der Waals surface area contributed by atoms with Gasteiger partial charge >= 0.3 is 0 Å². The van der Waals surface area contributed by atoms with Gasteiger partial charge in [0.2, 0.25) is 0 Å². The Balaban J connectivity index is 1.87. The van der Waals surface area contributed by atoms with E-state index in [1.807, 2.05) is 0 Å². The number of hydrogen-bond donors (Lipinski definition) is 0. The monoisotopic (exact) mass is 258 g/mol. The van der Waals surface area contributed by atoms with Crippen molar-refractivity contribution in [1.29, 1.82) is 0 Å². The molecule has 1 nitrogen and oxygen atoms in total. The van der Waals surface area contributed by atoms with Gasteiger partial charge in [0.05, 0.1) is 12.2 Å². The standard InChI is InChI=1S/C12H19BrO/c1-2-3-4-5-6-8-11-12(14-11)9-7-10-13/h11-12H,2-6,8-9H2,1H3/t11-,12+/m0/s1. The van der Waals surface area contributed by atoms with E-state index in [0.717, 1.165) is 6.42 Å². The van der Waals surface area contributed by atoms with E-state index in [4.69, 9.17) is 4.74 Å². The SMILES string of the molecule is CCCCCCC[C@@H]1O[C@@H]1CC#CBr. The van der Waals surface area contributed by atoms with Crippen LogP contribution in [0.25, 0.3) is 0 Å². The smallest absolute Gasteiger partial charge is 0.0951 e. The second-order valence-electron chi connectivity index (χ2n) is 3.89. The molecule has 1 aliphatic rings. The van der Waals surface area contributed by atoms with Crippen molar-refractivity contribution in [1.82, 2.24) is 0 Å². The summed E-state index contributed by atoms with van der Waals surface area (Å²) in [5.74, 6) is 2.99. The molecule has 0 aromatic rings. The van der Waals surface area contributed by atoms with Gasteiger partial charge < -0.3 is 4.74 Å². The first-order valence-electron chi connectivity index (χ1n) is 5.62. The molecular weight excluding hydrogens is 240 g/mol. The molecule has 1 fully saturated rings. The highest BCUT2D eigenvalue weighted by Crippen LogP contribution is 2.29. The predicted molar refractivity (Wildman–Crippen MR) is 63.4 cm³/mol. The normalized spacial score (nSPS) is 24.1. The summed E-state index contributed by atoms with van der Waals surface area (Å²) in [4.78, 5) is 2.73. The molecule has 0 radical (unpaired) electrons. The Hall–Kier alpha value is 0. The molecule has 0 unspecified atom stereocenters. The average molecular weight is 259 g/mol. The molecule has 0 spiro atoms. The van der Waals surface area contributed by atoms with Crippen molar-refractivity contribution < 1.29 is 4.74 Å². The first-order chi connectivity index (χ1) is 6.88. The third kappa shape index (κ3) is 5.02. The maximum atomic E-state index is 5.50.